The number of halogens is 1. The number of carbonyl (C=O) groups is 2. The van der Waals surface area contributed by atoms with E-state index < -0.39 is 17.5 Å². The molecule has 11 heteroatoms. The molecule has 10 nitrogen and oxygen atoms in total. The summed E-state index contributed by atoms with van der Waals surface area (Å²) in [5.41, 5.74) is 6.95. The highest BCUT2D eigenvalue weighted by atomic mass is 19.1. The number of ether oxygens (including phenoxy) is 2. The van der Waals surface area contributed by atoms with Gasteiger partial charge in [-0.1, -0.05) is 12.1 Å². The predicted molar refractivity (Wildman–Crippen MR) is 149 cm³/mol. The lowest BCUT2D eigenvalue weighted by atomic mass is 9.92. The molecule has 1 aliphatic carbocycles. The Morgan fingerprint density at radius 3 is 2.61 bits per heavy atom. The molecule has 1 aliphatic rings. The van der Waals surface area contributed by atoms with Gasteiger partial charge in [-0.15, -0.1) is 0 Å². The van der Waals surface area contributed by atoms with E-state index in [1.165, 1.54) is 12.3 Å². The zero-order valence-electron chi connectivity index (χ0n) is 22.8. The second-order valence-electron chi connectivity index (χ2n) is 10.8. The molecule has 214 valence electrons. The van der Waals surface area contributed by atoms with E-state index in [-0.39, 0.29) is 30.2 Å². The summed E-state index contributed by atoms with van der Waals surface area (Å²) in [5.74, 6) is -0.588. The van der Waals surface area contributed by atoms with Gasteiger partial charge in [-0.05, 0) is 75.9 Å². The summed E-state index contributed by atoms with van der Waals surface area (Å²) in [5, 5.41) is 17.2. The highest BCUT2D eigenvalue weighted by Crippen LogP contribution is 2.30. The molecule has 1 fully saturated rings. The van der Waals surface area contributed by atoms with Gasteiger partial charge in [0.1, 0.15) is 18.1 Å². The molecule has 0 spiro atoms. The van der Waals surface area contributed by atoms with Gasteiger partial charge in [-0.2, -0.15) is 9.49 Å². The summed E-state index contributed by atoms with van der Waals surface area (Å²) in [4.78, 5) is 29.0. The van der Waals surface area contributed by atoms with Gasteiger partial charge in [0.15, 0.2) is 0 Å². The number of primary amides is 1. The molecule has 0 unspecified atom stereocenters. The van der Waals surface area contributed by atoms with E-state index >= 15 is 0 Å². The molecule has 0 radical (unpaired) electrons. The van der Waals surface area contributed by atoms with Gasteiger partial charge in [-0.3, -0.25) is 9.59 Å². The number of nitrogens with one attached hydrogen (secondary N) is 1. The van der Waals surface area contributed by atoms with Crippen LogP contribution in [0.3, 0.4) is 0 Å². The molecule has 4 N–H and O–H groups in total. The van der Waals surface area contributed by atoms with Crippen molar-refractivity contribution in [1.29, 1.82) is 0 Å². The molecule has 1 saturated carbocycles. The Hall–Kier alpha value is -4.51. The Labute approximate surface area is 236 Å². The van der Waals surface area contributed by atoms with Crippen molar-refractivity contribution < 1.29 is 28.6 Å². The average molecular weight is 562 g/mol. The van der Waals surface area contributed by atoms with Crippen LogP contribution in [0.1, 0.15) is 60.2 Å². The van der Waals surface area contributed by atoms with E-state index in [4.69, 9.17) is 15.2 Å². The summed E-state index contributed by atoms with van der Waals surface area (Å²) in [6, 6.07) is 12.8. The van der Waals surface area contributed by atoms with Crippen LogP contribution in [0.4, 0.5) is 4.39 Å². The number of nitrogens with two attached hydrogens (primary N) is 1. The monoisotopic (exact) mass is 561 g/mol. The Bertz CT molecular complexity index is 1570. The first-order valence-corrected chi connectivity index (χ1v) is 13.4. The van der Waals surface area contributed by atoms with Crippen LogP contribution in [-0.4, -0.2) is 55.9 Å². The maximum Gasteiger partial charge on any atom is 0.255 e. The van der Waals surface area contributed by atoms with Gasteiger partial charge >= 0.3 is 0 Å². The molecule has 0 saturated heterocycles. The van der Waals surface area contributed by atoms with Crippen LogP contribution < -0.4 is 20.5 Å². The van der Waals surface area contributed by atoms with E-state index in [0.717, 1.165) is 0 Å². The molecular formula is C30H32FN5O5. The summed E-state index contributed by atoms with van der Waals surface area (Å²) >= 11 is 0. The van der Waals surface area contributed by atoms with Crippen molar-refractivity contribution >= 4 is 17.3 Å². The first-order chi connectivity index (χ1) is 19.6. The molecule has 3 aromatic heterocycles. The van der Waals surface area contributed by atoms with Crippen LogP contribution in [0.5, 0.6) is 11.5 Å². The predicted octanol–water partition coefficient (Wildman–Crippen LogP) is 3.90. The normalized spacial score (nSPS) is 17.3. The van der Waals surface area contributed by atoms with Gasteiger partial charge in [0, 0.05) is 11.6 Å². The molecule has 1 aromatic carbocycles. The highest BCUT2D eigenvalue weighted by Gasteiger charge is 2.26. The highest BCUT2D eigenvalue weighted by molar-refractivity contribution is 6.00. The molecule has 4 aromatic rings. The molecule has 0 bridgehead atoms. The largest absolute Gasteiger partial charge is 0.490 e. The molecular weight excluding hydrogens is 529 g/mol. The number of aromatic nitrogens is 3. The van der Waals surface area contributed by atoms with E-state index in [9.17, 15) is 19.1 Å². The van der Waals surface area contributed by atoms with E-state index in [1.54, 1.807) is 67.0 Å². The second kappa shape index (κ2) is 11.5. The molecule has 3 heterocycles. The van der Waals surface area contributed by atoms with Crippen molar-refractivity contribution in [2.75, 3.05) is 6.61 Å². The number of nitrogens with zero attached hydrogens (tertiary/aromatic N) is 3. The minimum Gasteiger partial charge on any atom is -0.490 e. The molecule has 2 amide bonds. The quantitative estimate of drug-likeness (QED) is 0.263. The fraction of sp³-hybridized carbons (Fsp3) is 0.333. The summed E-state index contributed by atoms with van der Waals surface area (Å²) < 4.78 is 27.0. The van der Waals surface area contributed by atoms with Gasteiger partial charge in [0.2, 0.25) is 5.95 Å². The third kappa shape index (κ3) is 6.80. The van der Waals surface area contributed by atoms with Gasteiger partial charge in [0.05, 0.1) is 46.4 Å². The number of benzene rings is 1. The van der Waals surface area contributed by atoms with E-state index in [1.807, 2.05) is 0 Å². The lowest BCUT2D eigenvalue weighted by Crippen LogP contribution is -2.39. The van der Waals surface area contributed by atoms with E-state index in [0.29, 0.717) is 59.5 Å². The lowest BCUT2D eigenvalue weighted by molar-refractivity contribution is 0.0283. The number of aliphatic hydroxyl groups is 1. The van der Waals surface area contributed by atoms with E-state index in [2.05, 4.69) is 15.4 Å². The molecule has 5 rings (SSSR count). The van der Waals surface area contributed by atoms with Gasteiger partial charge in [-0.25, -0.2) is 9.50 Å². The van der Waals surface area contributed by atoms with Crippen LogP contribution in [-0.2, 0) is 0 Å². The average Bonchev–Trinajstić information content (AvgIpc) is 3.36. The van der Waals surface area contributed by atoms with Crippen molar-refractivity contribution in [1.82, 2.24) is 19.9 Å². The molecule has 0 atom stereocenters. The molecule has 41 heavy (non-hydrogen) atoms. The number of rotatable bonds is 9. The number of amides is 2. The third-order valence-corrected chi connectivity index (χ3v) is 6.89. The van der Waals surface area contributed by atoms with Crippen molar-refractivity contribution in [2.24, 2.45) is 5.73 Å². The SMILES string of the molecule is CC(C)(O)COc1ccc2c(C(=O)NC3CCC(Oc4cc(-c5cccc(F)n5)ccc4C(N)=O)CC3)cnn2c1. The Morgan fingerprint density at radius 1 is 1.12 bits per heavy atom. The number of carbonyl (C=O) groups excluding carboxylic acids is 2. The third-order valence-electron chi connectivity index (χ3n) is 6.89. The zero-order chi connectivity index (χ0) is 29.1. The summed E-state index contributed by atoms with van der Waals surface area (Å²) in [6.45, 7) is 3.44. The Morgan fingerprint density at radius 2 is 1.90 bits per heavy atom. The second-order valence-corrected chi connectivity index (χ2v) is 10.8. The molecule has 0 aliphatic heterocycles. The summed E-state index contributed by atoms with van der Waals surface area (Å²) in [6.07, 6.45) is 5.68. The zero-order valence-corrected chi connectivity index (χ0v) is 22.8. The van der Waals surface area contributed by atoms with Crippen molar-refractivity contribution in [3.8, 4) is 22.8 Å². The van der Waals surface area contributed by atoms with Crippen LogP contribution >= 0.6 is 0 Å². The van der Waals surface area contributed by atoms with Gasteiger partial charge in [0.25, 0.3) is 11.8 Å². The summed E-state index contributed by atoms with van der Waals surface area (Å²) in [7, 11) is 0. The number of pyridine rings is 2. The fourth-order valence-corrected chi connectivity index (χ4v) is 4.81. The minimum absolute atomic E-state index is 0.0508. The first-order valence-electron chi connectivity index (χ1n) is 13.4. The van der Waals surface area contributed by atoms with Crippen molar-refractivity contribution in [3.05, 3.63) is 78.0 Å². The van der Waals surface area contributed by atoms with Crippen molar-refractivity contribution in [2.45, 2.75) is 57.3 Å². The van der Waals surface area contributed by atoms with Crippen LogP contribution in [0.25, 0.3) is 16.8 Å². The number of fused-ring (bicyclic) bond motifs is 1. The van der Waals surface area contributed by atoms with Crippen LogP contribution in [0.2, 0.25) is 0 Å². The topological polar surface area (TPSA) is 141 Å². The maximum atomic E-state index is 13.6. The van der Waals surface area contributed by atoms with Gasteiger partial charge < -0.3 is 25.6 Å². The van der Waals surface area contributed by atoms with Crippen molar-refractivity contribution in [3.63, 3.8) is 0 Å². The number of hydrogen-bond acceptors (Lipinski definition) is 7. The van der Waals surface area contributed by atoms with Crippen LogP contribution in [0, 0.1) is 5.95 Å². The Kier molecular flexibility index (Phi) is 7.89. The first kappa shape index (κ1) is 28.0. The maximum absolute atomic E-state index is 13.6. The minimum atomic E-state index is -0.970. The Balaban J connectivity index is 1.20. The number of hydrogen-bond donors (Lipinski definition) is 3. The smallest absolute Gasteiger partial charge is 0.255 e. The lowest BCUT2D eigenvalue weighted by Gasteiger charge is -2.30. The van der Waals surface area contributed by atoms with Crippen LogP contribution in [0.15, 0.2) is 60.9 Å². The fourth-order valence-electron chi connectivity index (χ4n) is 4.81. The standard InChI is InChI=1S/C30H32FN5O5/c1-30(2,39)17-40-21-11-13-25-23(15-33-36(25)16-21)29(38)34-19-7-9-20(10-8-19)41-26-14-18(6-12-22(26)28(32)37)24-4-3-5-27(31)35-24/h3-6,11-16,19-20,39H,7-10,17H2,1-2H3,(H2,32,37)(H,34,38).